The summed E-state index contributed by atoms with van der Waals surface area (Å²) < 4.78 is 0. The summed E-state index contributed by atoms with van der Waals surface area (Å²) in [4.78, 5) is 11.5. The number of carbonyl (C=O) groups is 1. The second-order valence-electron chi connectivity index (χ2n) is 4.24. The Kier molecular flexibility index (Phi) is 9.33. The highest BCUT2D eigenvalue weighted by molar-refractivity contribution is 5.85. The third kappa shape index (κ3) is 6.62. The van der Waals surface area contributed by atoms with Gasteiger partial charge in [0.2, 0.25) is 5.91 Å². The van der Waals surface area contributed by atoms with Crippen LogP contribution in [0.2, 0.25) is 0 Å². The third-order valence-electron chi connectivity index (χ3n) is 2.67. The summed E-state index contributed by atoms with van der Waals surface area (Å²) in [5.74, 6) is 0.0387. The summed E-state index contributed by atoms with van der Waals surface area (Å²) in [6.07, 6.45) is 3.99. The number of unbranched alkanes of at least 4 members (excludes halogenated alkanes) is 1. The van der Waals surface area contributed by atoms with Crippen molar-refractivity contribution in [1.82, 2.24) is 5.32 Å². The van der Waals surface area contributed by atoms with Crippen LogP contribution in [0.15, 0.2) is 24.3 Å². The molecule has 0 radical (unpaired) electrons. The molecule has 0 fully saturated rings. The number of nitrogens with two attached hydrogens (primary N) is 1. The molecule has 0 heterocycles. The Labute approximate surface area is 116 Å². The van der Waals surface area contributed by atoms with E-state index >= 15 is 0 Å². The lowest BCUT2D eigenvalue weighted by Crippen LogP contribution is -2.30. The minimum Gasteiger partial charge on any atom is -0.355 e. The van der Waals surface area contributed by atoms with Crippen LogP contribution in [0.4, 0.5) is 0 Å². The number of halogens is 1. The molecule has 0 aliphatic rings. The van der Waals surface area contributed by atoms with Crippen LogP contribution in [0.1, 0.15) is 30.9 Å². The lowest BCUT2D eigenvalue weighted by Gasteiger charge is -2.05. The molecule has 0 unspecified atom stereocenters. The number of hydrogen-bond acceptors (Lipinski definition) is 2. The molecule has 0 bridgehead atoms. The maximum Gasteiger partial charge on any atom is 0.224 e. The van der Waals surface area contributed by atoms with Crippen molar-refractivity contribution in [3.05, 3.63) is 35.4 Å². The minimum atomic E-state index is 0. The van der Waals surface area contributed by atoms with Crippen molar-refractivity contribution >= 4 is 18.3 Å². The second-order valence-corrected chi connectivity index (χ2v) is 4.24. The number of aryl methyl sites for hydroxylation is 1. The van der Waals surface area contributed by atoms with Crippen LogP contribution in [-0.4, -0.2) is 19.0 Å². The molecule has 0 saturated carbocycles. The Hall–Kier alpha value is -1.06. The summed E-state index contributed by atoms with van der Waals surface area (Å²) in [6.45, 7) is 3.23. The smallest absolute Gasteiger partial charge is 0.224 e. The quantitative estimate of drug-likeness (QED) is 0.797. The second kappa shape index (κ2) is 9.92. The number of rotatable bonds is 7. The monoisotopic (exact) mass is 270 g/mol. The van der Waals surface area contributed by atoms with Gasteiger partial charge in [-0.2, -0.15) is 0 Å². The van der Waals surface area contributed by atoms with Crippen molar-refractivity contribution in [2.75, 3.05) is 13.1 Å². The maximum absolute atomic E-state index is 11.5. The topological polar surface area (TPSA) is 55.1 Å². The Bertz CT molecular complexity index is 338. The molecule has 0 spiro atoms. The minimum absolute atomic E-state index is 0. The summed E-state index contributed by atoms with van der Waals surface area (Å²) in [5.41, 5.74) is 7.72. The fourth-order valence-electron chi connectivity index (χ4n) is 1.66. The van der Waals surface area contributed by atoms with Crippen LogP contribution in [0.5, 0.6) is 0 Å². The van der Waals surface area contributed by atoms with Gasteiger partial charge in [-0.25, -0.2) is 0 Å². The SMILES string of the molecule is CCCCc1ccc(CC(=O)NCCN)cc1.Cl. The summed E-state index contributed by atoms with van der Waals surface area (Å²) in [7, 11) is 0. The molecule has 3 N–H and O–H groups in total. The lowest BCUT2D eigenvalue weighted by molar-refractivity contribution is -0.120. The molecule has 0 saturated heterocycles. The highest BCUT2D eigenvalue weighted by Gasteiger charge is 2.02. The first-order chi connectivity index (χ1) is 8.26. The van der Waals surface area contributed by atoms with Crippen LogP contribution < -0.4 is 11.1 Å². The number of carbonyl (C=O) groups excluding carboxylic acids is 1. The zero-order valence-corrected chi connectivity index (χ0v) is 11.8. The predicted octanol–water partition coefficient (Wildman–Crippen LogP) is 2.07. The van der Waals surface area contributed by atoms with E-state index in [1.807, 2.05) is 12.1 Å². The fraction of sp³-hybridized carbons (Fsp3) is 0.500. The zero-order valence-electron chi connectivity index (χ0n) is 10.9. The van der Waals surface area contributed by atoms with E-state index in [1.54, 1.807) is 0 Å². The number of nitrogens with one attached hydrogen (secondary N) is 1. The molecule has 1 aromatic carbocycles. The lowest BCUT2D eigenvalue weighted by atomic mass is 10.0. The average molecular weight is 271 g/mol. The van der Waals surface area contributed by atoms with Crippen molar-refractivity contribution in [3.63, 3.8) is 0 Å². The Balaban J connectivity index is 0.00000289. The van der Waals surface area contributed by atoms with E-state index in [9.17, 15) is 4.79 Å². The molecule has 0 aromatic heterocycles. The van der Waals surface area contributed by atoms with Gasteiger partial charge in [-0.15, -0.1) is 12.4 Å². The molecule has 0 atom stereocenters. The van der Waals surface area contributed by atoms with Gasteiger partial charge in [-0.3, -0.25) is 4.79 Å². The van der Waals surface area contributed by atoms with Gasteiger partial charge < -0.3 is 11.1 Å². The van der Waals surface area contributed by atoms with Gasteiger partial charge in [-0.1, -0.05) is 37.6 Å². The number of benzene rings is 1. The van der Waals surface area contributed by atoms with Crippen LogP contribution in [0.25, 0.3) is 0 Å². The first kappa shape index (κ1) is 16.9. The molecule has 4 heteroatoms. The average Bonchev–Trinajstić information content (AvgIpc) is 2.35. The summed E-state index contributed by atoms with van der Waals surface area (Å²) >= 11 is 0. The van der Waals surface area contributed by atoms with Gasteiger partial charge in [0.05, 0.1) is 6.42 Å². The first-order valence-electron chi connectivity index (χ1n) is 6.31. The van der Waals surface area contributed by atoms with Gasteiger partial charge in [0.1, 0.15) is 0 Å². The molecule has 1 aromatic rings. The van der Waals surface area contributed by atoms with E-state index in [2.05, 4.69) is 24.4 Å². The van der Waals surface area contributed by atoms with Gasteiger partial charge >= 0.3 is 0 Å². The molecule has 18 heavy (non-hydrogen) atoms. The predicted molar refractivity (Wildman–Crippen MR) is 78.1 cm³/mol. The van der Waals surface area contributed by atoms with E-state index in [0.717, 1.165) is 12.0 Å². The molecule has 3 nitrogen and oxygen atoms in total. The van der Waals surface area contributed by atoms with E-state index in [-0.39, 0.29) is 18.3 Å². The van der Waals surface area contributed by atoms with Crippen molar-refractivity contribution < 1.29 is 4.79 Å². The summed E-state index contributed by atoms with van der Waals surface area (Å²) in [5, 5.41) is 2.77. The van der Waals surface area contributed by atoms with Crippen molar-refractivity contribution in [2.24, 2.45) is 5.73 Å². The molecule has 1 rings (SSSR count). The molecule has 0 aliphatic carbocycles. The fourth-order valence-corrected chi connectivity index (χ4v) is 1.66. The number of hydrogen-bond donors (Lipinski definition) is 2. The first-order valence-corrected chi connectivity index (χ1v) is 6.31. The van der Waals surface area contributed by atoms with E-state index in [0.29, 0.717) is 19.5 Å². The Morgan fingerprint density at radius 1 is 1.22 bits per heavy atom. The van der Waals surface area contributed by atoms with Crippen LogP contribution in [-0.2, 0) is 17.6 Å². The Morgan fingerprint density at radius 2 is 1.83 bits per heavy atom. The number of amides is 1. The van der Waals surface area contributed by atoms with Crippen LogP contribution >= 0.6 is 12.4 Å². The van der Waals surface area contributed by atoms with E-state index < -0.39 is 0 Å². The van der Waals surface area contributed by atoms with Crippen molar-refractivity contribution in [3.8, 4) is 0 Å². The van der Waals surface area contributed by atoms with Gasteiger partial charge in [0, 0.05) is 13.1 Å². The highest BCUT2D eigenvalue weighted by atomic mass is 35.5. The molecule has 1 amide bonds. The normalized spacial score (nSPS) is 9.67. The molecule has 102 valence electrons. The molecular formula is C14H23ClN2O. The third-order valence-corrected chi connectivity index (χ3v) is 2.67. The van der Waals surface area contributed by atoms with Gasteiger partial charge in [0.25, 0.3) is 0 Å². The highest BCUT2D eigenvalue weighted by Crippen LogP contribution is 2.08. The van der Waals surface area contributed by atoms with Crippen molar-refractivity contribution in [1.29, 1.82) is 0 Å². The largest absolute Gasteiger partial charge is 0.355 e. The molecular weight excluding hydrogens is 248 g/mol. The zero-order chi connectivity index (χ0) is 12.5. The molecule has 0 aliphatic heterocycles. The van der Waals surface area contributed by atoms with Crippen LogP contribution in [0, 0.1) is 0 Å². The van der Waals surface area contributed by atoms with Gasteiger partial charge in [-0.05, 0) is 24.0 Å². The van der Waals surface area contributed by atoms with Crippen LogP contribution in [0.3, 0.4) is 0 Å². The van der Waals surface area contributed by atoms with E-state index in [4.69, 9.17) is 5.73 Å². The van der Waals surface area contributed by atoms with Crippen molar-refractivity contribution in [2.45, 2.75) is 32.6 Å². The van der Waals surface area contributed by atoms with E-state index in [1.165, 1.54) is 18.4 Å². The Morgan fingerprint density at radius 3 is 2.39 bits per heavy atom. The standard InChI is InChI=1S/C14H22N2O.ClH/c1-2-3-4-12-5-7-13(8-6-12)11-14(17)16-10-9-15;/h5-8H,2-4,9-11,15H2,1H3,(H,16,17);1H. The van der Waals surface area contributed by atoms with Gasteiger partial charge in [0.15, 0.2) is 0 Å². The maximum atomic E-state index is 11.5. The summed E-state index contributed by atoms with van der Waals surface area (Å²) in [6, 6.07) is 8.29.